The highest BCUT2D eigenvalue weighted by molar-refractivity contribution is 5.92. The van der Waals surface area contributed by atoms with Crippen LogP contribution in [0.25, 0.3) is 0 Å². The number of carbonyl (C=O) groups excluding carboxylic acids is 1. The number of rotatable bonds is 43. The number of carboxylic acid groups (broad SMARTS) is 2. The summed E-state index contributed by atoms with van der Waals surface area (Å²) in [6, 6.07) is 0. The molecule has 0 aliphatic heterocycles. The van der Waals surface area contributed by atoms with Crippen LogP contribution in [0.2, 0.25) is 0 Å². The second kappa shape index (κ2) is 36.3. The topological polar surface area (TPSA) is 182 Å². The zero-order chi connectivity index (χ0) is 41.8. The Morgan fingerprint density at radius 3 is 1.02 bits per heavy atom. The van der Waals surface area contributed by atoms with Crippen LogP contribution in [0.1, 0.15) is 239 Å². The second-order valence-corrected chi connectivity index (χ2v) is 16.8. The van der Waals surface area contributed by atoms with Crippen molar-refractivity contribution in [2.24, 2.45) is 5.41 Å². The lowest BCUT2D eigenvalue weighted by Crippen LogP contribution is -2.60. The number of carboxylic acids is 2. The molecule has 10 heteroatoms. The fourth-order valence-corrected chi connectivity index (χ4v) is 8.06. The van der Waals surface area contributed by atoms with Crippen molar-refractivity contribution in [3.63, 3.8) is 0 Å². The van der Waals surface area contributed by atoms with Crippen LogP contribution in [0.3, 0.4) is 0 Å². The number of aliphatic hydroxyl groups excluding tert-OH is 3. The highest BCUT2D eigenvalue weighted by atomic mass is 16.5. The molecule has 0 heterocycles. The quantitative estimate of drug-likeness (QED) is 0.0256. The molecule has 3 atom stereocenters. The molecule has 0 aromatic rings. The van der Waals surface area contributed by atoms with Gasteiger partial charge in [0.05, 0.1) is 13.0 Å². The Balaban J connectivity index is 5.15. The molecule has 0 bridgehead atoms. The molecule has 0 saturated carbocycles. The first-order valence-electron chi connectivity index (χ1n) is 23.3. The first kappa shape index (κ1) is 54.2. The van der Waals surface area contributed by atoms with Crippen molar-refractivity contribution >= 4 is 17.9 Å². The maximum Gasteiger partial charge on any atom is 0.337 e. The van der Waals surface area contributed by atoms with Gasteiger partial charge < -0.3 is 35.4 Å². The predicted octanol–water partition coefficient (Wildman–Crippen LogP) is 10.8. The number of hydrogen-bond acceptors (Lipinski definition) is 8. The van der Waals surface area contributed by atoms with Crippen LogP contribution in [0.4, 0.5) is 0 Å². The van der Waals surface area contributed by atoms with Crippen molar-refractivity contribution in [3.05, 3.63) is 0 Å². The molecule has 0 radical (unpaired) electrons. The number of ether oxygens (including phenoxy) is 1. The van der Waals surface area contributed by atoms with E-state index in [4.69, 9.17) is 4.74 Å². The second-order valence-electron chi connectivity index (χ2n) is 16.8. The Hall–Kier alpha value is -1.75. The highest BCUT2D eigenvalue weighted by Crippen LogP contribution is 2.46. The molecule has 56 heavy (non-hydrogen) atoms. The monoisotopic (exact) mass is 801 g/mol. The number of hydrogen-bond donors (Lipinski definition) is 6. The maximum atomic E-state index is 13.9. The lowest BCUT2D eigenvalue weighted by molar-refractivity contribution is -0.201. The van der Waals surface area contributed by atoms with Crippen LogP contribution in [0.5, 0.6) is 0 Å². The van der Waals surface area contributed by atoms with Gasteiger partial charge in [0, 0.05) is 0 Å². The Morgan fingerprint density at radius 2 is 0.768 bits per heavy atom. The summed E-state index contributed by atoms with van der Waals surface area (Å²) in [6.45, 7) is 2.97. The number of unbranched alkanes of at least 4 members (excludes halogenated alkanes) is 30. The van der Waals surface area contributed by atoms with Gasteiger partial charge in [0.1, 0.15) is 24.2 Å². The summed E-state index contributed by atoms with van der Waals surface area (Å²) in [5.41, 5.74) is -5.02. The Morgan fingerprint density at radius 1 is 0.482 bits per heavy atom. The number of aliphatic hydroxyl groups is 4. The van der Waals surface area contributed by atoms with Gasteiger partial charge in [-0.15, -0.1) is 0 Å². The van der Waals surface area contributed by atoms with E-state index in [0.717, 1.165) is 51.4 Å². The van der Waals surface area contributed by atoms with Crippen LogP contribution in [0, 0.1) is 5.41 Å². The molecule has 0 fully saturated rings. The molecule has 0 aromatic carbocycles. The molecule has 0 aliphatic carbocycles. The third-order valence-electron chi connectivity index (χ3n) is 11.9. The molecule has 1 unspecified atom stereocenters. The summed E-state index contributed by atoms with van der Waals surface area (Å²) in [5.74, 6) is -4.46. The third kappa shape index (κ3) is 25.6. The van der Waals surface area contributed by atoms with E-state index in [0.29, 0.717) is 25.7 Å². The molecule has 0 saturated heterocycles. The van der Waals surface area contributed by atoms with Gasteiger partial charge in [0.15, 0.2) is 5.60 Å². The van der Waals surface area contributed by atoms with Gasteiger partial charge in [-0.3, -0.25) is 9.59 Å². The van der Waals surface area contributed by atoms with Crippen molar-refractivity contribution in [2.45, 2.75) is 256 Å². The van der Waals surface area contributed by atoms with E-state index in [9.17, 15) is 45.0 Å². The lowest BCUT2D eigenvalue weighted by Gasteiger charge is -2.42. The van der Waals surface area contributed by atoms with Crippen molar-refractivity contribution in [1.82, 2.24) is 0 Å². The zero-order valence-electron chi connectivity index (χ0n) is 36.1. The summed E-state index contributed by atoms with van der Waals surface area (Å²) in [7, 11) is 0. The smallest absolute Gasteiger partial charge is 0.337 e. The van der Waals surface area contributed by atoms with Gasteiger partial charge in [0.25, 0.3) is 0 Å². The van der Waals surface area contributed by atoms with E-state index >= 15 is 0 Å². The molecule has 0 spiro atoms. The van der Waals surface area contributed by atoms with E-state index in [1.54, 1.807) is 0 Å². The molecule has 332 valence electrons. The van der Waals surface area contributed by atoms with Crippen LogP contribution in [0.15, 0.2) is 0 Å². The van der Waals surface area contributed by atoms with Gasteiger partial charge >= 0.3 is 17.9 Å². The fourth-order valence-electron chi connectivity index (χ4n) is 8.06. The average Bonchev–Trinajstić information content (AvgIpc) is 3.17. The number of aliphatic carboxylic acids is 2. The SMILES string of the molecule is CCCCCCCCCCCCCCCCCCC(CCCCCCCCCCCCCCCCCC)(C(=O)OC[C@H](O)[C@H](O)CO)C(O)(CC(=O)O)C(=O)O. The van der Waals surface area contributed by atoms with E-state index in [1.807, 2.05) is 0 Å². The number of carbonyl (C=O) groups is 3. The molecule has 10 nitrogen and oxygen atoms in total. The summed E-state index contributed by atoms with van der Waals surface area (Å²) in [6.07, 6.45) is 31.9. The zero-order valence-corrected chi connectivity index (χ0v) is 36.1. The van der Waals surface area contributed by atoms with Gasteiger partial charge in [-0.05, 0) is 12.8 Å². The molecule has 0 aromatic heterocycles. The fraction of sp³-hybridized carbons (Fsp3) is 0.935. The largest absolute Gasteiger partial charge is 0.481 e. The highest BCUT2D eigenvalue weighted by Gasteiger charge is 2.61. The summed E-state index contributed by atoms with van der Waals surface area (Å²) >= 11 is 0. The molecule has 0 amide bonds. The maximum absolute atomic E-state index is 13.9. The van der Waals surface area contributed by atoms with E-state index in [2.05, 4.69) is 13.8 Å². The van der Waals surface area contributed by atoms with Crippen LogP contribution in [-0.2, 0) is 19.1 Å². The van der Waals surface area contributed by atoms with Crippen LogP contribution in [-0.4, -0.2) is 79.6 Å². The first-order chi connectivity index (χ1) is 27.0. The van der Waals surface area contributed by atoms with Gasteiger partial charge in [-0.1, -0.05) is 219 Å². The molecular formula is C46H88O10. The lowest BCUT2D eigenvalue weighted by atomic mass is 9.64. The third-order valence-corrected chi connectivity index (χ3v) is 11.9. The normalized spacial score (nSPS) is 14.0. The van der Waals surface area contributed by atoms with Gasteiger partial charge in [-0.2, -0.15) is 0 Å². The van der Waals surface area contributed by atoms with Gasteiger partial charge in [0.2, 0.25) is 0 Å². The minimum atomic E-state index is -2.94. The summed E-state index contributed by atoms with van der Waals surface area (Å²) in [4.78, 5) is 38.6. The Bertz CT molecular complexity index is 907. The molecule has 0 aliphatic rings. The minimum absolute atomic E-state index is 0.0856. The number of esters is 1. The Labute approximate surface area is 342 Å². The van der Waals surface area contributed by atoms with Crippen LogP contribution < -0.4 is 0 Å². The van der Waals surface area contributed by atoms with E-state index in [1.165, 1.54) is 128 Å². The Kier molecular flexibility index (Phi) is 35.2. The van der Waals surface area contributed by atoms with Crippen molar-refractivity contribution < 1.29 is 49.8 Å². The average molecular weight is 801 g/mol. The molecular weight excluding hydrogens is 712 g/mol. The van der Waals surface area contributed by atoms with Crippen molar-refractivity contribution in [3.8, 4) is 0 Å². The van der Waals surface area contributed by atoms with Crippen molar-refractivity contribution in [1.29, 1.82) is 0 Å². The summed E-state index contributed by atoms with van der Waals surface area (Å²) < 4.78 is 5.35. The first-order valence-corrected chi connectivity index (χ1v) is 23.3. The van der Waals surface area contributed by atoms with Crippen molar-refractivity contribution in [2.75, 3.05) is 13.2 Å². The van der Waals surface area contributed by atoms with E-state index < -0.39 is 60.8 Å². The molecule has 6 N–H and O–H groups in total. The van der Waals surface area contributed by atoms with Gasteiger partial charge in [-0.25, -0.2) is 4.79 Å². The molecule has 0 rings (SSSR count). The predicted molar refractivity (Wildman–Crippen MR) is 226 cm³/mol. The minimum Gasteiger partial charge on any atom is -0.481 e. The summed E-state index contributed by atoms with van der Waals surface area (Å²) in [5, 5.41) is 60.9. The van der Waals surface area contributed by atoms with E-state index in [-0.39, 0.29) is 12.8 Å². The van der Waals surface area contributed by atoms with Crippen LogP contribution >= 0.6 is 0 Å². The standard InChI is InChI=1S/C46H88O10/c1-3-5-7-9-11-13-15-17-19-21-23-25-27-29-31-33-35-45(46(55,43(52)53)37-42(50)51,44(54)56-39-41(49)40(48)38-47)36-34-32-30-28-26-24-22-20-18-16-14-12-10-8-6-4-2/h40-41,47-49,55H,3-39H2,1-2H3,(H,50,51)(H,52,53)/t40-,41+,46?/m1/s1.